The lowest BCUT2D eigenvalue weighted by Gasteiger charge is -2.32. The standard InChI is InChI=1S/C25H29N3O4/c1-30-22-9-5-6-20(16-22)24(23-17-31-18-26-23)27-25(29)19-10-12-28(13-11-19)14-15-32-21-7-3-2-4-8-21/h2-9,16-19,24H,10-15H2,1H3,(H,27,29). The summed E-state index contributed by atoms with van der Waals surface area (Å²) in [6.45, 7) is 3.26. The van der Waals surface area contributed by atoms with E-state index in [0.717, 1.165) is 49.5 Å². The largest absolute Gasteiger partial charge is 0.497 e. The predicted octanol–water partition coefficient (Wildman–Crippen LogP) is 3.68. The quantitative estimate of drug-likeness (QED) is 0.553. The zero-order valence-electron chi connectivity index (χ0n) is 18.3. The summed E-state index contributed by atoms with van der Waals surface area (Å²) in [5.74, 6) is 1.64. The molecule has 4 rings (SSSR count). The van der Waals surface area contributed by atoms with Crippen LogP contribution in [0, 0.1) is 5.92 Å². The van der Waals surface area contributed by atoms with Crippen molar-refractivity contribution >= 4 is 5.91 Å². The van der Waals surface area contributed by atoms with E-state index in [1.807, 2.05) is 54.6 Å². The van der Waals surface area contributed by atoms with Gasteiger partial charge in [-0.2, -0.15) is 0 Å². The third kappa shape index (κ3) is 5.68. The Bertz CT molecular complexity index is 970. The highest BCUT2D eigenvalue weighted by molar-refractivity contribution is 5.79. The summed E-state index contributed by atoms with van der Waals surface area (Å²) in [5.41, 5.74) is 1.57. The van der Waals surface area contributed by atoms with Gasteiger partial charge in [-0.15, -0.1) is 0 Å². The molecule has 1 saturated heterocycles. The van der Waals surface area contributed by atoms with E-state index in [9.17, 15) is 4.79 Å². The molecule has 32 heavy (non-hydrogen) atoms. The van der Waals surface area contributed by atoms with E-state index in [0.29, 0.717) is 12.3 Å². The second-order valence-corrected chi connectivity index (χ2v) is 7.91. The van der Waals surface area contributed by atoms with Crippen LogP contribution in [0.2, 0.25) is 0 Å². The van der Waals surface area contributed by atoms with Crippen LogP contribution >= 0.6 is 0 Å². The SMILES string of the molecule is COc1cccc(C(NC(=O)C2CCN(CCOc3ccccc3)CC2)c2cocn2)c1. The molecule has 1 aliphatic rings. The number of carbonyl (C=O) groups excluding carboxylic acids is 1. The minimum Gasteiger partial charge on any atom is -0.497 e. The molecule has 1 aliphatic heterocycles. The number of hydrogen-bond acceptors (Lipinski definition) is 6. The topological polar surface area (TPSA) is 76.8 Å². The van der Waals surface area contributed by atoms with Crippen molar-refractivity contribution in [3.8, 4) is 11.5 Å². The first-order chi connectivity index (χ1) is 15.7. The maximum atomic E-state index is 13.1. The molecular weight excluding hydrogens is 406 g/mol. The monoisotopic (exact) mass is 435 g/mol. The molecule has 3 aromatic rings. The lowest BCUT2D eigenvalue weighted by atomic mass is 9.94. The number of nitrogens with zero attached hydrogens (tertiary/aromatic N) is 2. The van der Waals surface area contributed by atoms with Crippen molar-refractivity contribution in [1.82, 2.24) is 15.2 Å². The van der Waals surface area contributed by atoms with Gasteiger partial charge in [0, 0.05) is 12.5 Å². The lowest BCUT2D eigenvalue weighted by molar-refractivity contribution is -0.127. The molecule has 0 aliphatic carbocycles. The number of amides is 1. The van der Waals surface area contributed by atoms with Crippen LogP contribution in [0.4, 0.5) is 0 Å². The number of methoxy groups -OCH3 is 1. The molecule has 1 atom stereocenters. The van der Waals surface area contributed by atoms with Gasteiger partial charge in [0.1, 0.15) is 30.1 Å². The molecule has 7 nitrogen and oxygen atoms in total. The molecule has 168 valence electrons. The van der Waals surface area contributed by atoms with E-state index in [1.54, 1.807) is 13.4 Å². The Balaban J connectivity index is 1.30. The van der Waals surface area contributed by atoms with Crippen LogP contribution in [-0.2, 0) is 4.79 Å². The van der Waals surface area contributed by atoms with Gasteiger partial charge in [0.05, 0.1) is 13.2 Å². The molecule has 7 heteroatoms. The smallest absolute Gasteiger partial charge is 0.224 e. The third-order valence-corrected chi connectivity index (χ3v) is 5.84. The molecule has 1 unspecified atom stereocenters. The molecule has 1 aromatic heterocycles. The highest BCUT2D eigenvalue weighted by Crippen LogP contribution is 2.26. The first kappa shape index (κ1) is 21.9. The van der Waals surface area contributed by atoms with Gasteiger partial charge in [0.15, 0.2) is 6.39 Å². The van der Waals surface area contributed by atoms with Crippen molar-refractivity contribution in [2.75, 3.05) is 33.4 Å². The van der Waals surface area contributed by atoms with Gasteiger partial charge >= 0.3 is 0 Å². The van der Waals surface area contributed by atoms with Gasteiger partial charge in [-0.1, -0.05) is 30.3 Å². The lowest BCUT2D eigenvalue weighted by Crippen LogP contribution is -2.42. The van der Waals surface area contributed by atoms with Crippen molar-refractivity contribution in [3.63, 3.8) is 0 Å². The zero-order chi connectivity index (χ0) is 22.2. The van der Waals surface area contributed by atoms with Gasteiger partial charge in [-0.05, 0) is 55.8 Å². The summed E-state index contributed by atoms with van der Waals surface area (Å²) >= 11 is 0. The fraction of sp³-hybridized carbons (Fsp3) is 0.360. The van der Waals surface area contributed by atoms with Gasteiger partial charge in [0.2, 0.25) is 5.91 Å². The normalized spacial score (nSPS) is 15.8. The first-order valence-corrected chi connectivity index (χ1v) is 11.0. The zero-order valence-corrected chi connectivity index (χ0v) is 18.3. The number of aromatic nitrogens is 1. The van der Waals surface area contributed by atoms with Crippen LogP contribution in [0.25, 0.3) is 0 Å². The second kappa shape index (κ2) is 10.8. The Labute approximate surface area is 188 Å². The third-order valence-electron chi connectivity index (χ3n) is 5.84. The molecule has 0 bridgehead atoms. The van der Waals surface area contributed by atoms with Crippen LogP contribution in [0.15, 0.2) is 71.7 Å². The second-order valence-electron chi connectivity index (χ2n) is 7.91. The number of para-hydroxylation sites is 1. The maximum absolute atomic E-state index is 13.1. The Morgan fingerprint density at radius 1 is 1.16 bits per heavy atom. The summed E-state index contributed by atoms with van der Waals surface area (Å²) in [6.07, 6.45) is 4.59. The summed E-state index contributed by atoms with van der Waals surface area (Å²) in [4.78, 5) is 19.7. The molecule has 0 radical (unpaired) electrons. The number of carbonyl (C=O) groups is 1. The summed E-state index contributed by atoms with van der Waals surface area (Å²) in [7, 11) is 1.63. The van der Waals surface area contributed by atoms with E-state index in [4.69, 9.17) is 13.9 Å². The number of rotatable bonds is 9. The Morgan fingerprint density at radius 2 is 1.94 bits per heavy atom. The van der Waals surface area contributed by atoms with E-state index in [-0.39, 0.29) is 17.9 Å². The van der Waals surface area contributed by atoms with E-state index >= 15 is 0 Å². The molecule has 0 saturated carbocycles. The molecule has 1 fully saturated rings. The highest BCUT2D eigenvalue weighted by Gasteiger charge is 2.28. The van der Waals surface area contributed by atoms with Gasteiger partial charge in [0.25, 0.3) is 0 Å². The number of piperidine rings is 1. The van der Waals surface area contributed by atoms with Gasteiger partial charge in [-0.3, -0.25) is 9.69 Å². The predicted molar refractivity (Wildman–Crippen MR) is 121 cm³/mol. The average molecular weight is 436 g/mol. The van der Waals surface area contributed by atoms with Crippen LogP contribution < -0.4 is 14.8 Å². The number of nitrogens with one attached hydrogen (secondary N) is 1. The van der Waals surface area contributed by atoms with Crippen molar-refractivity contribution < 1.29 is 18.7 Å². The fourth-order valence-electron chi connectivity index (χ4n) is 4.00. The number of benzene rings is 2. The number of hydrogen-bond donors (Lipinski definition) is 1. The van der Waals surface area contributed by atoms with Gasteiger partial charge < -0.3 is 19.2 Å². The molecule has 2 heterocycles. The summed E-state index contributed by atoms with van der Waals surface area (Å²) < 4.78 is 16.3. The molecular formula is C25H29N3O4. The number of oxazole rings is 1. The average Bonchev–Trinajstić information content (AvgIpc) is 3.38. The van der Waals surface area contributed by atoms with Crippen LogP contribution in [0.3, 0.4) is 0 Å². The minimum absolute atomic E-state index is 0.0266. The molecule has 1 amide bonds. The fourth-order valence-corrected chi connectivity index (χ4v) is 4.00. The van der Waals surface area contributed by atoms with E-state index < -0.39 is 0 Å². The van der Waals surface area contributed by atoms with Crippen LogP contribution in [0.5, 0.6) is 11.5 Å². The first-order valence-electron chi connectivity index (χ1n) is 11.0. The summed E-state index contributed by atoms with van der Waals surface area (Å²) in [5, 5.41) is 3.18. The van der Waals surface area contributed by atoms with Crippen LogP contribution in [-0.4, -0.2) is 49.1 Å². The number of ether oxygens (including phenoxy) is 2. The Hall–Kier alpha value is -3.32. The molecule has 1 N–H and O–H groups in total. The highest BCUT2D eigenvalue weighted by atomic mass is 16.5. The molecule has 0 spiro atoms. The molecule has 2 aromatic carbocycles. The van der Waals surface area contributed by atoms with E-state index in [2.05, 4.69) is 15.2 Å². The van der Waals surface area contributed by atoms with Crippen molar-refractivity contribution in [2.45, 2.75) is 18.9 Å². The maximum Gasteiger partial charge on any atom is 0.224 e. The van der Waals surface area contributed by atoms with Crippen molar-refractivity contribution in [2.24, 2.45) is 5.92 Å². The Morgan fingerprint density at radius 3 is 2.66 bits per heavy atom. The number of likely N-dealkylation sites (tertiary alicyclic amines) is 1. The van der Waals surface area contributed by atoms with E-state index in [1.165, 1.54) is 6.39 Å². The van der Waals surface area contributed by atoms with Gasteiger partial charge in [-0.25, -0.2) is 4.98 Å². The van der Waals surface area contributed by atoms with Crippen molar-refractivity contribution in [1.29, 1.82) is 0 Å². The van der Waals surface area contributed by atoms with Crippen LogP contribution in [0.1, 0.15) is 30.1 Å². The summed E-state index contributed by atoms with van der Waals surface area (Å²) in [6, 6.07) is 17.1. The minimum atomic E-state index is -0.381. The Kier molecular flexibility index (Phi) is 7.40. The van der Waals surface area contributed by atoms with Crippen molar-refractivity contribution in [3.05, 3.63) is 78.5 Å².